The maximum absolute atomic E-state index is 10.8. The molecule has 2 aromatic carbocycles. The fraction of sp³-hybridized carbons (Fsp3) is 0.200. The van der Waals surface area contributed by atoms with E-state index < -0.39 is 0 Å². The summed E-state index contributed by atoms with van der Waals surface area (Å²) in [5, 5.41) is 1.16. The molecule has 0 saturated heterocycles. The first kappa shape index (κ1) is 18.1. The topological polar surface area (TPSA) is 56.0 Å². The number of fused-ring (bicyclic) bond motifs is 1. The van der Waals surface area contributed by atoms with E-state index in [4.69, 9.17) is 5.73 Å². The summed E-state index contributed by atoms with van der Waals surface area (Å²) in [5.74, 6) is -0.375. The van der Waals surface area contributed by atoms with E-state index in [9.17, 15) is 4.79 Å². The van der Waals surface area contributed by atoms with Crippen LogP contribution in [0, 0.1) is 0 Å². The van der Waals surface area contributed by atoms with Crippen molar-refractivity contribution in [3.8, 4) is 0 Å². The van der Waals surface area contributed by atoms with E-state index in [1.54, 1.807) is 18.3 Å². The Labute approximate surface area is 151 Å². The Morgan fingerprint density at radius 2 is 1.67 bits per heavy atom. The summed E-state index contributed by atoms with van der Waals surface area (Å²) in [6.45, 7) is 6.39. The van der Waals surface area contributed by atoms with Gasteiger partial charge in [-0.15, -0.1) is 0 Å². The molecule has 0 bridgehead atoms. The Kier molecular flexibility index (Phi) is 5.73. The summed E-state index contributed by atoms with van der Waals surface area (Å²) in [7, 11) is 0. The van der Waals surface area contributed by atoms with Gasteiger partial charge in [0.2, 0.25) is 5.91 Å². The second-order valence-electron chi connectivity index (χ2n) is 6.50. The molecule has 0 aliphatic rings. The van der Waals surface area contributed by atoms with Gasteiger partial charge in [-0.3, -0.25) is 9.78 Å². The highest BCUT2D eigenvalue weighted by Crippen LogP contribution is 2.22. The number of hydrogen-bond donors (Lipinski definition) is 1. The van der Waals surface area contributed by atoms with Gasteiger partial charge in [-0.1, -0.05) is 61.0 Å². The van der Waals surface area contributed by atoms with Crippen LogP contribution in [0.25, 0.3) is 10.9 Å². The second kappa shape index (κ2) is 7.58. The average Bonchev–Trinajstić information content (AvgIpc) is 2.55. The van der Waals surface area contributed by atoms with Gasteiger partial charge in [-0.2, -0.15) is 0 Å². The third-order valence-corrected chi connectivity index (χ3v) is 4.32. The molecule has 3 aromatic rings. The van der Waals surface area contributed by atoms with Gasteiger partial charge in [-0.05, 0) is 41.3 Å². The molecule has 0 radical (unpaired) electrons. The summed E-state index contributed by atoms with van der Waals surface area (Å²) < 4.78 is 1.10. The number of benzene rings is 2. The lowest BCUT2D eigenvalue weighted by molar-refractivity contribution is 0.1000. The fourth-order valence-corrected chi connectivity index (χ4v) is 2.69. The Morgan fingerprint density at radius 3 is 2.21 bits per heavy atom. The van der Waals surface area contributed by atoms with Gasteiger partial charge in [0.25, 0.3) is 0 Å². The number of rotatable bonds is 1. The summed E-state index contributed by atoms with van der Waals surface area (Å²) in [6.07, 6.45) is 1.80. The minimum atomic E-state index is -0.375. The SMILES string of the molecule is Brc1cccc2ncccc12.CC(C)(C)c1ccc(C(N)=O)cc1. The van der Waals surface area contributed by atoms with Crippen LogP contribution in [-0.2, 0) is 5.41 Å². The van der Waals surface area contributed by atoms with Gasteiger partial charge in [0.15, 0.2) is 0 Å². The Balaban J connectivity index is 0.000000175. The van der Waals surface area contributed by atoms with Crippen molar-refractivity contribution in [3.63, 3.8) is 0 Å². The molecule has 3 rings (SSSR count). The smallest absolute Gasteiger partial charge is 0.248 e. The van der Waals surface area contributed by atoms with Crippen molar-refractivity contribution in [2.75, 3.05) is 0 Å². The van der Waals surface area contributed by atoms with Crippen molar-refractivity contribution >= 4 is 32.7 Å². The van der Waals surface area contributed by atoms with Gasteiger partial charge in [0.1, 0.15) is 0 Å². The molecule has 24 heavy (non-hydrogen) atoms. The lowest BCUT2D eigenvalue weighted by Crippen LogP contribution is -2.13. The lowest BCUT2D eigenvalue weighted by Gasteiger charge is -2.18. The highest BCUT2D eigenvalue weighted by atomic mass is 79.9. The molecule has 0 unspecified atom stereocenters. The van der Waals surface area contributed by atoms with Crippen LogP contribution in [0.3, 0.4) is 0 Å². The third kappa shape index (κ3) is 4.65. The highest BCUT2D eigenvalue weighted by Gasteiger charge is 2.13. The van der Waals surface area contributed by atoms with Crippen LogP contribution in [0.2, 0.25) is 0 Å². The number of pyridine rings is 1. The second-order valence-corrected chi connectivity index (χ2v) is 7.36. The molecule has 2 N–H and O–H groups in total. The normalized spacial score (nSPS) is 10.8. The van der Waals surface area contributed by atoms with Crippen LogP contribution in [-0.4, -0.2) is 10.9 Å². The number of carbonyl (C=O) groups excluding carboxylic acids is 1. The number of hydrogen-bond acceptors (Lipinski definition) is 2. The maximum Gasteiger partial charge on any atom is 0.248 e. The van der Waals surface area contributed by atoms with E-state index in [2.05, 4.69) is 41.7 Å². The predicted octanol–water partition coefficient (Wildman–Crippen LogP) is 5.08. The Bertz CT molecular complexity index is 831. The van der Waals surface area contributed by atoms with Gasteiger partial charge >= 0.3 is 0 Å². The van der Waals surface area contributed by atoms with E-state index in [1.165, 1.54) is 5.56 Å². The Morgan fingerprint density at radius 1 is 1.00 bits per heavy atom. The first-order valence-corrected chi connectivity index (χ1v) is 8.48. The average molecular weight is 385 g/mol. The van der Waals surface area contributed by atoms with Gasteiger partial charge in [0.05, 0.1) is 5.52 Å². The number of primary amides is 1. The quantitative estimate of drug-likeness (QED) is 0.635. The van der Waals surface area contributed by atoms with Crippen LogP contribution >= 0.6 is 15.9 Å². The highest BCUT2D eigenvalue weighted by molar-refractivity contribution is 9.10. The molecule has 0 aliphatic carbocycles. The fourth-order valence-electron chi connectivity index (χ4n) is 2.20. The molecule has 0 aliphatic heterocycles. The van der Waals surface area contributed by atoms with Crippen molar-refractivity contribution < 1.29 is 4.79 Å². The molecular formula is C20H21BrN2O. The molecule has 0 atom stereocenters. The van der Waals surface area contributed by atoms with Crippen LogP contribution in [0.5, 0.6) is 0 Å². The van der Waals surface area contributed by atoms with Crippen molar-refractivity contribution in [1.82, 2.24) is 4.98 Å². The molecule has 0 saturated carbocycles. The number of carbonyl (C=O) groups is 1. The van der Waals surface area contributed by atoms with Crippen LogP contribution < -0.4 is 5.73 Å². The number of aromatic nitrogens is 1. The first-order valence-electron chi connectivity index (χ1n) is 7.68. The number of nitrogens with two attached hydrogens (primary N) is 1. The molecular weight excluding hydrogens is 364 g/mol. The maximum atomic E-state index is 10.8. The van der Waals surface area contributed by atoms with E-state index in [-0.39, 0.29) is 11.3 Å². The first-order chi connectivity index (χ1) is 11.3. The van der Waals surface area contributed by atoms with Crippen LogP contribution in [0.4, 0.5) is 0 Å². The van der Waals surface area contributed by atoms with E-state index in [0.717, 1.165) is 15.4 Å². The monoisotopic (exact) mass is 384 g/mol. The van der Waals surface area contributed by atoms with Crippen molar-refractivity contribution in [1.29, 1.82) is 0 Å². The van der Waals surface area contributed by atoms with E-state index in [0.29, 0.717) is 5.56 Å². The summed E-state index contributed by atoms with van der Waals surface area (Å²) in [5.41, 5.74) is 8.05. The molecule has 0 fully saturated rings. The lowest BCUT2D eigenvalue weighted by atomic mass is 9.87. The zero-order valence-electron chi connectivity index (χ0n) is 14.1. The van der Waals surface area contributed by atoms with E-state index >= 15 is 0 Å². The van der Waals surface area contributed by atoms with Crippen LogP contribution in [0.1, 0.15) is 36.7 Å². The van der Waals surface area contributed by atoms with Gasteiger partial charge < -0.3 is 5.73 Å². The van der Waals surface area contributed by atoms with Crippen molar-refractivity contribution in [2.45, 2.75) is 26.2 Å². The van der Waals surface area contributed by atoms with Crippen molar-refractivity contribution in [3.05, 3.63) is 76.4 Å². The third-order valence-electron chi connectivity index (χ3n) is 3.63. The molecule has 1 aromatic heterocycles. The molecule has 1 heterocycles. The summed E-state index contributed by atoms with van der Waals surface area (Å²) in [4.78, 5) is 15.0. The molecule has 0 spiro atoms. The zero-order valence-corrected chi connectivity index (χ0v) is 15.7. The molecule has 3 nitrogen and oxygen atoms in total. The summed E-state index contributed by atoms with van der Waals surface area (Å²) in [6, 6.07) is 17.4. The molecule has 4 heteroatoms. The minimum absolute atomic E-state index is 0.121. The predicted molar refractivity (Wildman–Crippen MR) is 103 cm³/mol. The van der Waals surface area contributed by atoms with Gasteiger partial charge in [0, 0.05) is 21.6 Å². The number of amides is 1. The minimum Gasteiger partial charge on any atom is -0.366 e. The molecule has 1 amide bonds. The van der Waals surface area contributed by atoms with Gasteiger partial charge in [-0.25, -0.2) is 0 Å². The Hall–Kier alpha value is -2.20. The number of halogens is 1. The van der Waals surface area contributed by atoms with E-state index in [1.807, 2.05) is 42.5 Å². The number of nitrogens with zero attached hydrogens (tertiary/aromatic N) is 1. The largest absolute Gasteiger partial charge is 0.366 e. The standard InChI is InChI=1S/C11H15NO.C9H6BrN/c1-11(2,3)9-6-4-8(5-7-9)10(12)13;10-8-4-1-5-9-7(8)3-2-6-11-9/h4-7H,1-3H3,(H2,12,13);1-6H. The molecule has 124 valence electrons. The van der Waals surface area contributed by atoms with Crippen LogP contribution in [0.15, 0.2) is 65.3 Å². The summed E-state index contributed by atoms with van der Waals surface area (Å²) >= 11 is 3.46. The zero-order chi connectivity index (χ0) is 17.7. The van der Waals surface area contributed by atoms with Crippen molar-refractivity contribution in [2.24, 2.45) is 5.73 Å².